The molecule has 3 amide bonds. The molecule has 0 bridgehead atoms. The van der Waals surface area contributed by atoms with E-state index >= 15 is 0 Å². The maximum absolute atomic E-state index is 13.0. The van der Waals surface area contributed by atoms with Gasteiger partial charge in [0.25, 0.3) is 5.91 Å². The zero-order valence-electron chi connectivity index (χ0n) is 19.0. The van der Waals surface area contributed by atoms with E-state index in [0.29, 0.717) is 29.9 Å². The molecule has 1 aromatic heterocycles. The van der Waals surface area contributed by atoms with E-state index in [1.165, 1.54) is 6.08 Å². The predicted molar refractivity (Wildman–Crippen MR) is 127 cm³/mol. The summed E-state index contributed by atoms with van der Waals surface area (Å²) in [4.78, 5) is 40.6. The normalized spacial score (nSPS) is 20.6. The Morgan fingerprint density at radius 2 is 2.03 bits per heavy atom. The highest BCUT2D eigenvalue weighted by Crippen LogP contribution is 2.44. The molecular weight excluding hydrogens is 434 g/mol. The van der Waals surface area contributed by atoms with Crippen molar-refractivity contribution in [2.24, 2.45) is 11.3 Å². The molecule has 2 aromatic rings. The molecule has 9 nitrogen and oxygen atoms in total. The Morgan fingerprint density at radius 1 is 1.24 bits per heavy atom. The molecule has 0 aliphatic heterocycles. The van der Waals surface area contributed by atoms with Crippen LogP contribution in [0.5, 0.6) is 0 Å². The summed E-state index contributed by atoms with van der Waals surface area (Å²) in [7, 11) is 0. The van der Waals surface area contributed by atoms with E-state index in [4.69, 9.17) is 4.74 Å². The molecule has 9 heteroatoms. The van der Waals surface area contributed by atoms with Crippen molar-refractivity contribution in [1.29, 1.82) is 5.26 Å². The second-order valence-electron chi connectivity index (χ2n) is 9.08. The predicted octanol–water partition coefficient (Wildman–Crippen LogP) is 3.61. The van der Waals surface area contributed by atoms with Crippen molar-refractivity contribution in [2.75, 3.05) is 18.5 Å². The molecule has 1 heterocycles. The molecule has 0 radical (unpaired) electrons. The summed E-state index contributed by atoms with van der Waals surface area (Å²) < 4.78 is 4.92. The lowest BCUT2D eigenvalue weighted by molar-refractivity contribution is -0.126. The van der Waals surface area contributed by atoms with E-state index in [-0.39, 0.29) is 30.4 Å². The van der Waals surface area contributed by atoms with Gasteiger partial charge in [-0.3, -0.25) is 14.9 Å². The average Bonchev–Trinajstić information content (AvgIpc) is 3.51. The van der Waals surface area contributed by atoms with E-state index in [1.54, 1.807) is 24.3 Å². The van der Waals surface area contributed by atoms with Gasteiger partial charge < -0.3 is 20.4 Å². The number of nitrogens with one attached hydrogen (secondary N) is 4. The molecule has 4 N–H and O–H groups in total. The first kappa shape index (κ1) is 23.4. The van der Waals surface area contributed by atoms with E-state index in [1.807, 2.05) is 0 Å². The van der Waals surface area contributed by atoms with Crippen LogP contribution in [0, 0.1) is 22.7 Å². The van der Waals surface area contributed by atoms with E-state index < -0.39 is 11.5 Å². The van der Waals surface area contributed by atoms with Crippen molar-refractivity contribution in [3.63, 3.8) is 0 Å². The van der Waals surface area contributed by atoms with Crippen LogP contribution in [0.3, 0.4) is 0 Å². The minimum Gasteiger partial charge on any atom is -0.445 e. The molecular formula is C25H29N5O4. The second-order valence-corrected chi connectivity index (χ2v) is 9.08. The quantitative estimate of drug-likeness (QED) is 0.443. The molecule has 2 saturated carbocycles. The number of carbonyl (C=O) groups is 3. The number of carbonyl (C=O) groups excluding carboxylic acids is 3. The Balaban J connectivity index is 1.39. The van der Waals surface area contributed by atoms with Crippen molar-refractivity contribution in [3.8, 4) is 6.07 Å². The summed E-state index contributed by atoms with van der Waals surface area (Å²) >= 11 is 0. The van der Waals surface area contributed by atoms with Gasteiger partial charge in [-0.1, -0.05) is 31.6 Å². The van der Waals surface area contributed by atoms with Crippen LogP contribution >= 0.6 is 0 Å². The highest BCUT2D eigenvalue weighted by molar-refractivity contribution is 5.99. The zero-order valence-corrected chi connectivity index (χ0v) is 19.0. The maximum atomic E-state index is 13.0. The first-order chi connectivity index (χ1) is 16.4. The second kappa shape index (κ2) is 10.00. The van der Waals surface area contributed by atoms with Gasteiger partial charge in [0.05, 0.1) is 17.4 Å². The Bertz CT molecular complexity index is 1140. The fourth-order valence-electron chi connectivity index (χ4n) is 4.35. The molecule has 0 spiro atoms. The van der Waals surface area contributed by atoms with Crippen LogP contribution in [0.2, 0.25) is 0 Å². The van der Waals surface area contributed by atoms with Crippen molar-refractivity contribution in [2.45, 2.75) is 44.6 Å². The monoisotopic (exact) mass is 463 g/mol. The van der Waals surface area contributed by atoms with Gasteiger partial charge in [-0.05, 0) is 43.9 Å². The van der Waals surface area contributed by atoms with Crippen LogP contribution in [0.1, 0.15) is 49.0 Å². The fraction of sp³-hybridized carbons (Fsp3) is 0.440. The van der Waals surface area contributed by atoms with Crippen molar-refractivity contribution >= 4 is 34.5 Å². The number of hydrogen-bond acceptors (Lipinski definition) is 5. The summed E-state index contributed by atoms with van der Waals surface area (Å²) in [5.41, 5.74) is 1.21. The molecule has 178 valence electrons. The van der Waals surface area contributed by atoms with Gasteiger partial charge in [0.2, 0.25) is 5.91 Å². The van der Waals surface area contributed by atoms with Crippen LogP contribution in [-0.2, 0) is 9.53 Å². The number of hydrogen-bond donors (Lipinski definition) is 4. The molecule has 34 heavy (non-hydrogen) atoms. The molecule has 0 saturated heterocycles. The number of H-pyrrole nitrogens is 1. The number of benzene rings is 1. The van der Waals surface area contributed by atoms with E-state index in [2.05, 4.69) is 33.6 Å². The third-order valence-corrected chi connectivity index (χ3v) is 6.56. The van der Waals surface area contributed by atoms with Crippen LogP contribution < -0.4 is 16.0 Å². The van der Waals surface area contributed by atoms with Gasteiger partial charge in [0.15, 0.2) is 0 Å². The molecule has 1 aromatic carbocycles. The Kier molecular flexibility index (Phi) is 6.87. The number of amides is 3. The number of nitrogens with zero attached hydrogens (tertiary/aromatic N) is 1. The van der Waals surface area contributed by atoms with Gasteiger partial charge in [-0.15, -0.1) is 0 Å². The maximum Gasteiger partial charge on any atom is 0.411 e. The highest BCUT2D eigenvalue weighted by atomic mass is 16.5. The molecule has 0 unspecified atom stereocenters. The summed E-state index contributed by atoms with van der Waals surface area (Å²) in [5.74, 6) is -0.687. The van der Waals surface area contributed by atoms with Crippen LogP contribution in [0.25, 0.3) is 10.9 Å². The third-order valence-electron chi connectivity index (χ3n) is 6.56. The smallest absolute Gasteiger partial charge is 0.411 e. The SMILES string of the molecule is C=CCOC(=O)Nc1ccc2cc(C(=O)N[C@H]3CCCC[C@H]3C(=O)NCC3(C#N)CC3)[nH]c2c1. The van der Waals surface area contributed by atoms with Crippen LogP contribution in [0.4, 0.5) is 10.5 Å². The fourth-order valence-corrected chi connectivity index (χ4v) is 4.35. The number of nitriles is 1. The van der Waals surface area contributed by atoms with Gasteiger partial charge in [0, 0.05) is 29.2 Å². The Hall–Kier alpha value is -3.80. The lowest BCUT2D eigenvalue weighted by atomic mass is 9.83. The molecule has 2 aliphatic carbocycles. The van der Waals surface area contributed by atoms with Crippen molar-refractivity contribution in [1.82, 2.24) is 15.6 Å². The number of anilines is 1. The summed E-state index contributed by atoms with van der Waals surface area (Å²) in [6, 6.07) is 9.01. The van der Waals surface area contributed by atoms with E-state index in [9.17, 15) is 19.6 Å². The largest absolute Gasteiger partial charge is 0.445 e. The number of aromatic nitrogens is 1. The van der Waals surface area contributed by atoms with Gasteiger partial charge >= 0.3 is 6.09 Å². The van der Waals surface area contributed by atoms with Crippen molar-refractivity contribution < 1.29 is 19.1 Å². The molecule has 2 atom stereocenters. The van der Waals surface area contributed by atoms with Gasteiger partial charge in [0.1, 0.15) is 12.3 Å². The van der Waals surface area contributed by atoms with Crippen LogP contribution in [0.15, 0.2) is 36.9 Å². The first-order valence-electron chi connectivity index (χ1n) is 11.6. The lowest BCUT2D eigenvalue weighted by Gasteiger charge is -2.31. The summed E-state index contributed by atoms with van der Waals surface area (Å²) in [6.07, 6.45) is 5.85. The molecule has 4 rings (SSSR count). The highest BCUT2D eigenvalue weighted by Gasteiger charge is 2.44. The lowest BCUT2D eigenvalue weighted by Crippen LogP contribution is -2.49. The van der Waals surface area contributed by atoms with Crippen molar-refractivity contribution in [3.05, 3.63) is 42.6 Å². The first-order valence-corrected chi connectivity index (χ1v) is 11.6. The average molecular weight is 464 g/mol. The molecule has 2 aliphatic rings. The standard InChI is InChI=1S/C25H29N5O4/c1-2-11-34-24(33)28-17-8-7-16-12-21(29-20(16)13-17)23(32)30-19-6-4-3-5-18(19)22(31)27-15-25(14-26)9-10-25/h2,7-8,12-13,18-19,29H,1,3-6,9-11,15H2,(H,27,31)(H,28,33)(H,30,32)/t18-,19+/m1/s1. The number of ether oxygens (including phenoxy) is 1. The minimum atomic E-state index is -0.590. The summed E-state index contributed by atoms with van der Waals surface area (Å²) in [6.45, 7) is 3.98. The zero-order chi connectivity index (χ0) is 24.1. The minimum absolute atomic E-state index is 0.0952. The topological polar surface area (TPSA) is 136 Å². The number of rotatable bonds is 8. The van der Waals surface area contributed by atoms with Gasteiger partial charge in [-0.2, -0.15) is 5.26 Å². The Morgan fingerprint density at radius 3 is 2.76 bits per heavy atom. The van der Waals surface area contributed by atoms with Gasteiger partial charge in [-0.25, -0.2) is 4.79 Å². The summed E-state index contributed by atoms with van der Waals surface area (Å²) in [5, 5.41) is 18.6. The number of aromatic amines is 1. The number of fused-ring (bicyclic) bond motifs is 1. The Labute approximate surface area is 197 Å². The third kappa shape index (κ3) is 5.39. The van der Waals surface area contributed by atoms with Crippen LogP contribution in [-0.4, -0.2) is 42.1 Å². The molecule has 2 fully saturated rings. The van der Waals surface area contributed by atoms with E-state index in [0.717, 1.165) is 37.5 Å².